The third kappa shape index (κ3) is 4.37. The van der Waals surface area contributed by atoms with Crippen LogP contribution in [0.1, 0.15) is 31.2 Å². The summed E-state index contributed by atoms with van der Waals surface area (Å²) in [6, 6.07) is 18.4. The standard InChI is InChI=1S/C21H20N2O2S/c1-14-8-9-17(12-15(14)2)23-21(25)22-13-18-10-11-19(26-18)20(24)16-6-4-3-5-7-16/h3-12H,13H2,1-2H3,(H2,22,23,25). The van der Waals surface area contributed by atoms with E-state index < -0.39 is 0 Å². The van der Waals surface area contributed by atoms with Crippen LogP contribution in [0.2, 0.25) is 0 Å². The molecule has 0 saturated heterocycles. The second kappa shape index (κ2) is 7.97. The summed E-state index contributed by atoms with van der Waals surface area (Å²) in [6.07, 6.45) is 0. The van der Waals surface area contributed by atoms with Crippen molar-refractivity contribution in [1.29, 1.82) is 0 Å². The number of rotatable bonds is 5. The van der Waals surface area contributed by atoms with Crippen LogP contribution in [0.5, 0.6) is 0 Å². The van der Waals surface area contributed by atoms with E-state index in [-0.39, 0.29) is 11.8 Å². The molecule has 0 spiro atoms. The van der Waals surface area contributed by atoms with E-state index in [2.05, 4.69) is 10.6 Å². The third-order valence-corrected chi connectivity index (χ3v) is 5.19. The molecule has 4 nitrogen and oxygen atoms in total. The van der Waals surface area contributed by atoms with Crippen molar-refractivity contribution in [1.82, 2.24) is 5.32 Å². The van der Waals surface area contributed by atoms with Gasteiger partial charge >= 0.3 is 6.03 Å². The molecule has 2 N–H and O–H groups in total. The molecule has 0 aliphatic heterocycles. The first-order chi connectivity index (χ1) is 12.5. The highest BCUT2D eigenvalue weighted by Gasteiger charge is 2.12. The number of carbonyl (C=O) groups excluding carboxylic acids is 2. The van der Waals surface area contributed by atoms with Crippen LogP contribution in [-0.2, 0) is 6.54 Å². The van der Waals surface area contributed by atoms with Gasteiger partial charge in [-0.15, -0.1) is 11.3 Å². The summed E-state index contributed by atoms with van der Waals surface area (Å²) >= 11 is 1.40. The number of benzene rings is 2. The van der Waals surface area contributed by atoms with Crippen LogP contribution >= 0.6 is 11.3 Å². The summed E-state index contributed by atoms with van der Waals surface area (Å²) in [5, 5.41) is 5.65. The van der Waals surface area contributed by atoms with Crippen LogP contribution in [0.4, 0.5) is 10.5 Å². The lowest BCUT2D eigenvalue weighted by atomic mass is 10.1. The zero-order chi connectivity index (χ0) is 18.5. The minimum absolute atomic E-state index is 0.00133. The average Bonchev–Trinajstić information content (AvgIpc) is 3.12. The number of hydrogen-bond donors (Lipinski definition) is 2. The Morgan fingerprint density at radius 1 is 0.923 bits per heavy atom. The van der Waals surface area contributed by atoms with Gasteiger partial charge in [0, 0.05) is 16.1 Å². The molecule has 132 valence electrons. The summed E-state index contributed by atoms with van der Waals surface area (Å²) in [6.45, 7) is 4.42. The Morgan fingerprint density at radius 2 is 1.69 bits per heavy atom. The summed E-state index contributed by atoms with van der Waals surface area (Å²) in [5.41, 5.74) is 3.74. The number of hydrogen-bond acceptors (Lipinski definition) is 3. The highest BCUT2D eigenvalue weighted by Crippen LogP contribution is 2.20. The van der Waals surface area contributed by atoms with Crippen molar-refractivity contribution >= 4 is 28.8 Å². The van der Waals surface area contributed by atoms with Gasteiger partial charge in [-0.1, -0.05) is 36.4 Å². The monoisotopic (exact) mass is 364 g/mol. The van der Waals surface area contributed by atoms with Crippen molar-refractivity contribution in [2.75, 3.05) is 5.32 Å². The zero-order valence-corrected chi connectivity index (χ0v) is 15.5. The molecule has 3 rings (SSSR count). The van der Waals surface area contributed by atoms with Crippen LogP contribution in [0, 0.1) is 13.8 Å². The van der Waals surface area contributed by atoms with Gasteiger partial charge in [-0.25, -0.2) is 4.79 Å². The first kappa shape index (κ1) is 17.9. The van der Waals surface area contributed by atoms with Gasteiger partial charge in [0.15, 0.2) is 0 Å². The van der Waals surface area contributed by atoms with E-state index in [1.807, 2.05) is 56.3 Å². The summed E-state index contributed by atoms with van der Waals surface area (Å²) in [5.74, 6) is 0.00133. The minimum atomic E-state index is -0.266. The van der Waals surface area contributed by atoms with E-state index >= 15 is 0 Å². The Morgan fingerprint density at radius 3 is 2.42 bits per heavy atom. The maximum atomic E-state index is 12.4. The van der Waals surface area contributed by atoms with Crippen molar-refractivity contribution in [2.45, 2.75) is 20.4 Å². The van der Waals surface area contributed by atoms with Crippen LogP contribution < -0.4 is 10.6 Å². The Labute approximate surface area is 156 Å². The van der Waals surface area contributed by atoms with Gasteiger partial charge in [-0.2, -0.15) is 0 Å². The third-order valence-electron chi connectivity index (χ3n) is 4.11. The Bertz CT molecular complexity index is 932. The molecular formula is C21H20N2O2S. The number of ketones is 1. The lowest BCUT2D eigenvalue weighted by Crippen LogP contribution is -2.27. The van der Waals surface area contributed by atoms with E-state index in [0.29, 0.717) is 17.0 Å². The fourth-order valence-corrected chi connectivity index (χ4v) is 3.40. The smallest absolute Gasteiger partial charge is 0.319 e. The number of amides is 2. The molecule has 5 heteroatoms. The molecule has 0 fully saturated rings. The van der Waals surface area contributed by atoms with Crippen molar-refractivity contribution in [2.24, 2.45) is 0 Å². The van der Waals surface area contributed by atoms with Gasteiger partial charge in [0.25, 0.3) is 0 Å². The highest BCUT2D eigenvalue weighted by atomic mass is 32.1. The number of urea groups is 1. The summed E-state index contributed by atoms with van der Waals surface area (Å²) in [4.78, 5) is 26.1. The second-order valence-corrected chi connectivity index (χ2v) is 7.24. The molecule has 2 amide bonds. The molecule has 0 bridgehead atoms. The Kier molecular flexibility index (Phi) is 5.49. The van der Waals surface area contributed by atoms with Gasteiger partial charge in [-0.3, -0.25) is 4.79 Å². The van der Waals surface area contributed by atoms with Crippen LogP contribution in [0.3, 0.4) is 0 Å². The predicted molar refractivity (Wildman–Crippen MR) is 106 cm³/mol. The summed E-state index contributed by atoms with van der Waals surface area (Å²) < 4.78 is 0. The van der Waals surface area contributed by atoms with Crippen molar-refractivity contribution in [3.63, 3.8) is 0 Å². The predicted octanol–water partition coefficient (Wildman–Crippen LogP) is 4.92. The number of nitrogens with one attached hydrogen (secondary N) is 2. The molecule has 0 aliphatic carbocycles. The van der Waals surface area contributed by atoms with Gasteiger partial charge < -0.3 is 10.6 Å². The SMILES string of the molecule is Cc1ccc(NC(=O)NCc2ccc(C(=O)c3ccccc3)s2)cc1C. The molecule has 26 heavy (non-hydrogen) atoms. The van der Waals surface area contributed by atoms with Gasteiger partial charge in [0.05, 0.1) is 11.4 Å². The quantitative estimate of drug-likeness (QED) is 0.632. The molecule has 1 heterocycles. The van der Waals surface area contributed by atoms with Crippen LogP contribution in [0.15, 0.2) is 60.7 Å². The lowest BCUT2D eigenvalue weighted by molar-refractivity contribution is 0.104. The zero-order valence-electron chi connectivity index (χ0n) is 14.7. The first-order valence-electron chi connectivity index (χ1n) is 8.33. The van der Waals surface area contributed by atoms with E-state index in [1.54, 1.807) is 18.2 Å². The van der Waals surface area contributed by atoms with Crippen LogP contribution in [-0.4, -0.2) is 11.8 Å². The second-order valence-electron chi connectivity index (χ2n) is 6.07. The normalized spacial score (nSPS) is 10.4. The van der Waals surface area contributed by atoms with E-state index in [1.165, 1.54) is 16.9 Å². The van der Waals surface area contributed by atoms with Crippen molar-refractivity contribution in [3.8, 4) is 0 Å². The Balaban J connectivity index is 1.57. The largest absolute Gasteiger partial charge is 0.333 e. The maximum absolute atomic E-state index is 12.4. The number of carbonyl (C=O) groups is 2. The van der Waals surface area contributed by atoms with Gasteiger partial charge in [0.1, 0.15) is 0 Å². The maximum Gasteiger partial charge on any atom is 0.319 e. The molecule has 0 unspecified atom stereocenters. The summed E-state index contributed by atoms with van der Waals surface area (Å²) in [7, 11) is 0. The molecule has 3 aromatic rings. The Hall–Kier alpha value is -2.92. The molecule has 0 radical (unpaired) electrons. The molecule has 0 atom stereocenters. The van der Waals surface area contributed by atoms with Gasteiger partial charge in [0.2, 0.25) is 5.78 Å². The number of anilines is 1. The number of thiophene rings is 1. The van der Waals surface area contributed by atoms with E-state index in [9.17, 15) is 9.59 Å². The highest BCUT2D eigenvalue weighted by molar-refractivity contribution is 7.14. The first-order valence-corrected chi connectivity index (χ1v) is 9.15. The topological polar surface area (TPSA) is 58.2 Å². The molecule has 2 aromatic carbocycles. The average molecular weight is 364 g/mol. The molecule has 1 aromatic heterocycles. The van der Waals surface area contributed by atoms with E-state index in [4.69, 9.17) is 0 Å². The van der Waals surface area contributed by atoms with Crippen molar-refractivity contribution in [3.05, 3.63) is 87.1 Å². The molecule has 0 saturated carbocycles. The molecule has 0 aliphatic rings. The van der Waals surface area contributed by atoms with Crippen LogP contribution in [0.25, 0.3) is 0 Å². The van der Waals surface area contributed by atoms with E-state index in [0.717, 1.165) is 16.1 Å². The lowest BCUT2D eigenvalue weighted by Gasteiger charge is -2.08. The fourth-order valence-electron chi connectivity index (χ4n) is 2.49. The molecular weight excluding hydrogens is 344 g/mol. The fraction of sp³-hybridized carbons (Fsp3) is 0.143. The number of aryl methyl sites for hydroxylation is 2. The minimum Gasteiger partial charge on any atom is -0.333 e. The van der Waals surface area contributed by atoms with Gasteiger partial charge in [-0.05, 0) is 49.2 Å². The van der Waals surface area contributed by atoms with Crippen molar-refractivity contribution < 1.29 is 9.59 Å².